The van der Waals surface area contributed by atoms with E-state index in [9.17, 15) is 0 Å². The van der Waals surface area contributed by atoms with E-state index in [1.807, 2.05) is 0 Å². The van der Waals surface area contributed by atoms with Crippen molar-refractivity contribution in [2.24, 2.45) is 4.99 Å². The molecule has 2 aliphatic rings. The summed E-state index contributed by atoms with van der Waals surface area (Å²) in [4.78, 5) is 11.5. The highest BCUT2D eigenvalue weighted by molar-refractivity contribution is 8.16. The first-order valence-corrected chi connectivity index (χ1v) is 10.8. The Bertz CT molecular complexity index is 674. The Balaban J connectivity index is 1.48. The summed E-state index contributed by atoms with van der Waals surface area (Å²) in [7, 11) is 2.12. The number of anilines is 1. The number of thioether (sulfide) groups is 1. The van der Waals surface area contributed by atoms with E-state index in [2.05, 4.69) is 69.4 Å². The highest BCUT2D eigenvalue weighted by atomic mass is 32.2. The Morgan fingerprint density at radius 2 is 1.93 bits per heavy atom. The van der Waals surface area contributed by atoms with Crippen LogP contribution < -0.4 is 4.90 Å². The second kappa shape index (κ2) is 9.95. The zero-order valence-corrected chi connectivity index (χ0v) is 17.3. The maximum atomic E-state index is 8.41. The van der Waals surface area contributed by atoms with Crippen molar-refractivity contribution in [3.05, 3.63) is 41.3 Å². The van der Waals surface area contributed by atoms with Gasteiger partial charge in [0.05, 0.1) is 13.1 Å². The van der Waals surface area contributed by atoms with Crippen molar-refractivity contribution in [3.63, 3.8) is 0 Å². The Morgan fingerprint density at radius 1 is 1.19 bits per heavy atom. The first kappa shape index (κ1) is 20.0. The lowest BCUT2D eigenvalue weighted by Gasteiger charge is -2.38. The van der Waals surface area contributed by atoms with Gasteiger partial charge in [0, 0.05) is 37.4 Å². The summed E-state index contributed by atoms with van der Waals surface area (Å²) in [5, 5.41) is 11.6. The van der Waals surface area contributed by atoms with Gasteiger partial charge >= 0.3 is 0 Å². The average Bonchev–Trinajstić information content (AvgIpc) is 2.73. The summed E-state index contributed by atoms with van der Waals surface area (Å²) >= 11 is 1.69. The summed E-state index contributed by atoms with van der Waals surface area (Å²) in [6.45, 7) is 8.62. The molecule has 1 saturated heterocycles. The molecule has 1 N–H and O–H groups in total. The number of nitrogens with zero attached hydrogens (tertiary/aromatic N) is 4. The molecule has 2 heterocycles. The molecule has 5 nitrogen and oxygen atoms in total. The van der Waals surface area contributed by atoms with Crippen LogP contribution in [0.2, 0.25) is 0 Å². The molecule has 27 heavy (non-hydrogen) atoms. The van der Waals surface area contributed by atoms with Crippen molar-refractivity contribution in [2.75, 3.05) is 57.8 Å². The second-order valence-electron chi connectivity index (χ2n) is 7.19. The topological polar surface area (TPSA) is 45.9 Å². The molecule has 146 valence electrons. The van der Waals surface area contributed by atoms with Crippen molar-refractivity contribution in [3.8, 4) is 0 Å². The molecular weight excluding hydrogens is 354 g/mol. The molecule has 0 aliphatic carbocycles. The molecular formula is C21H31N5S. The molecule has 3 rings (SSSR count). The van der Waals surface area contributed by atoms with Crippen molar-refractivity contribution < 1.29 is 0 Å². The number of amidine groups is 1. The maximum absolute atomic E-state index is 8.41. The molecule has 0 unspecified atom stereocenters. The summed E-state index contributed by atoms with van der Waals surface area (Å²) in [5.41, 5.74) is 2.46. The SMILES string of the molecule is CCCCN(C)CC(=N)N1CCN(c2ccc(C3=NCC=CS3)cc2)CC1. The normalized spacial score (nSPS) is 17.4. The van der Waals surface area contributed by atoms with Crippen LogP contribution in [0.5, 0.6) is 0 Å². The summed E-state index contributed by atoms with van der Waals surface area (Å²) < 4.78 is 0. The van der Waals surface area contributed by atoms with Crippen LogP contribution in [-0.2, 0) is 0 Å². The van der Waals surface area contributed by atoms with E-state index in [0.29, 0.717) is 0 Å². The molecule has 0 amide bonds. The minimum atomic E-state index is 0.753. The molecule has 0 radical (unpaired) electrons. The van der Waals surface area contributed by atoms with E-state index in [4.69, 9.17) is 5.41 Å². The quantitative estimate of drug-likeness (QED) is 0.576. The molecule has 1 fully saturated rings. The molecule has 0 atom stereocenters. The zero-order valence-electron chi connectivity index (χ0n) is 16.5. The molecule has 0 aromatic heterocycles. The van der Waals surface area contributed by atoms with Gasteiger partial charge in [0.15, 0.2) is 0 Å². The number of likely N-dealkylation sites (N-methyl/N-ethyl adjacent to an activating group) is 1. The lowest BCUT2D eigenvalue weighted by Crippen LogP contribution is -2.50. The molecule has 2 aliphatic heterocycles. The minimum Gasteiger partial charge on any atom is -0.368 e. The Morgan fingerprint density at radius 3 is 2.56 bits per heavy atom. The Labute approximate surface area is 167 Å². The third-order valence-corrected chi connectivity index (χ3v) is 5.99. The maximum Gasteiger partial charge on any atom is 0.110 e. The Hall–Kier alpha value is -1.79. The van der Waals surface area contributed by atoms with E-state index < -0.39 is 0 Å². The average molecular weight is 386 g/mol. The van der Waals surface area contributed by atoms with Crippen LogP contribution in [-0.4, -0.2) is 73.5 Å². The number of hydrogen-bond acceptors (Lipinski definition) is 5. The predicted octanol–water partition coefficient (Wildman–Crippen LogP) is 3.52. The molecule has 1 aromatic carbocycles. The van der Waals surface area contributed by atoms with Gasteiger partial charge in [-0.3, -0.25) is 15.3 Å². The summed E-state index contributed by atoms with van der Waals surface area (Å²) in [6.07, 6.45) is 4.49. The van der Waals surface area contributed by atoms with Gasteiger partial charge in [-0.05, 0) is 37.6 Å². The molecule has 0 saturated carbocycles. The van der Waals surface area contributed by atoms with Crippen molar-refractivity contribution in [2.45, 2.75) is 19.8 Å². The summed E-state index contributed by atoms with van der Waals surface area (Å²) in [6, 6.07) is 8.77. The third-order valence-electron chi connectivity index (χ3n) is 5.07. The lowest BCUT2D eigenvalue weighted by atomic mass is 10.2. The van der Waals surface area contributed by atoms with Gasteiger partial charge in [0.25, 0.3) is 0 Å². The minimum absolute atomic E-state index is 0.753. The fourth-order valence-corrected chi connectivity index (χ4v) is 4.13. The number of nitrogens with one attached hydrogen (secondary N) is 1. The van der Waals surface area contributed by atoms with Gasteiger partial charge in [-0.1, -0.05) is 43.3 Å². The van der Waals surface area contributed by atoms with Crippen molar-refractivity contribution >= 4 is 28.3 Å². The van der Waals surface area contributed by atoms with Crippen LogP contribution in [0.3, 0.4) is 0 Å². The van der Waals surface area contributed by atoms with Crippen molar-refractivity contribution in [1.29, 1.82) is 5.41 Å². The van der Waals surface area contributed by atoms with E-state index in [1.165, 1.54) is 24.1 Å². The van der Waals surface area contributed by atoms with Gasteiger partial charge in [-0.15, -0.1) is 0 Å². The van der Waals surface area contributed by atoms with Crippen LogP contribution in [0.1, 0.15) is 25.3 Å². The summed E-state index contributed by atoms with van der Waals surface area (Å²) in [5.74, 6) is 0.754. The van der Waals surface area contributed by atoms with E-state index in [0.717, 1.165) is 56.7 Å². The van der Waals surface area contributed by atoms with E-state index >= 15 is 0 Å². The smallest absolute Gasteiger partial charge is 0.110 e. The van der Waals surface area contributed by atoms with E-state index in [1.54, 1.807) is 11.8 Å². The Kier molecular flexibility index (Phi) is 7.35. The molecule has 0 spiro atoms. The number of unbranched alkanes of at least 4 members (excludes halogenated alkanes) is 1. The lowest BCUT2D eigenvalue weighted by molar-refractivity contribution is 0.328. The second-order valence-corrected chi connectivity index (χ2v) is 8.09. The van der Waals surface area contributed by atoms with Gasteiger partial charge in [-0.2, -0.15) is 0 Å². The zero-order chi connectivity index (χ0) is 19.1. The van der Waals surface area contributed by atoms with Gasteiger partial charge in [0.2, 0.25) is 0 Å². The monoisotopic (exact) mass is 385 g/mol. The molecule has 6 heteroatoms. The molecule has 0 bridgehead atoms. The number of benzene rings is 1. The number of rotatable bonds is 7. The standard InChI is InChI=1S/C21H31N5S/c1-3-4-11-24(2)17-20(22)26-14-12-25(13-15-26)19-8-6-18(7-9-19)21-23-10-5-16-27-21/h5-9,16,22H,3-4,10-15,17H2,1-2H3. The number of hydrogen-bond donors (Lipinski definition) is 1. The number of aliphatic imine (C=N–C) groups is 1. The third kappa shape index (κ3) is 5.59. The fourth-order valence-electron chi connectivity index (χ4n) is 3.40. The van der Waals surface area contributed by atoms with Gasteiger partial charge in [-0.25, -0.2) is 0 Å². The first-order chi connectivity index (χ1) is 13.2. The number of piperazine rings is 1. The highest BCUT2D eigenvalue weighted by Crippen LogP contribution is 2.22. The van der Waals surface area contributed by atoms with Crippen LogP contribution in [0, 0.1) is 5.41 Å². The first-order valence-electron chi connectivity index (χ1n) is 9.90. The van der Waals surface area contributed by atoms with Crippen molar-refractivity contribution in [1.82, 2.24) is 9.80 Å². The molecule has 1 aromatic rings. The van der Waals surface area contributed by atoms with Crippen LogP contribution in [0.25, 0.3) is 0 Å². The van der Waals surface area contributed by atoms with Crippen LogP contribution >= 0.6 is 11.8 Å². The van der Waals surface area contributed by atoms with Gasteiger partial charge in [0.1, 0.15) is 10.9 Å². The highest BCUT2D eigenvalue weighted by Gasteiger charge is 2.20. The fraction of sp³-hybridized carbons (Fsp3) is 0.524. The van der Waals surface area contributed by atoms with Crippen LogP contribution in [0.4, 0.5) is 5.69 Å². The van der Waals surface area contributed by atoms with Gasteiger partial charge < -0.3 is 9.80 Å². The largest absolute Gasteiger partial charge is 0.368 e. The predicted molar refractivity (Wildman–Crippen MR) is 118 cm³/mol. The van der Waals surface area contributed by atoms with Crippen LogP contribution in [0.15, 0.2) is 40.7 Å². The van der Waals surface area contributed by atoms with E-state index in [-0.39, 0.29) is 0 Å².